The van der Waals surface area contributed by atoms with E-state index in [1.807, 2.05) is 23.1 Å². The van der Waals surface area contributed by atoms with E-state index >= 15 is 0 Å². The number of fused-ring (bicyclic) bond motifs is 1. The van der Waals surface area contributed by atoms with Gasteiger partial charge in [-0.1, -0.05) is 13.8 Å². The minimum Gasteiger partial charge on any atom is -0.492 e. The van der Waals surface area contributed by atoms with E-state index < -0.39 is 0 Å². The Morgan fingerprint density at radius 3 is 3.05 bits per heavy atom. The summed E-state index contributed by atoms with van der Waals surface area (Å²) >= 11 is 0. The van der Waals surface area contributed by atoms with E-state index in [0.29, 0.717) is 32.8 Å². The number of hydrogen-bond acceptors (Lipinski definition) is 4. The van der Waals surface area contributed by atoms with Crippen LogP contribution in [0.3, 0.4) is 0 Å². The van der Waals surface area contributed by atoms with Crippen molar-refractivity contribution >= 4 is 5.91 Å². The van der Waals surface area contributed by atoms with Gasteiger partial charge >= 0.3 is 0 Å². The first-order valence-corrected chi connectivity index (χ1v) is 7.89. The van der Waals surface area contributed by atoms with Crippen molar-refractivity contribution < 1.29 is 14.3 Å². The Labute approximate surface area is 131 Å². The molecule has 2 N–H and O–H groups in total. The highest BCUT2D eigenvalue weighted by Crippen LogP contribution is 2.38. The minimum absolute atomic E-state index is 0.0483. The maximum atomic E-state index is 12.8. The molecule has 0 saturated carbocycles. The maximum Gasteiger partial charge on any atom is 0.253 e. The Kier molecular flexibility index (Phi) is 4.10. The zero-order valence-corrected chi connectivity index (χ0v) is 13.3. The molecular weight excluding hydrogens is 280 g/mol. The van der Waals surface area contributed by atoms with E-state index in [-0.39, 0.29) is 17.4 Å². The molecule has 0 spiro atoms. The second-order valence-electron chi connectivity index (χ2n) is 6.72. The van der Waals surface area contributed by atoms with E-state index in [1.54, 1.807) is 0 Å². The van der Waals surface area contributed by atoms with Gasteiger partial charge in [-0.3, -0.25) is 4.79 Å². The van der Waals surface area contributed by atoms with E-state index in [4.69, 9.17) is 15.2 Å². The fraction of sp³-hybridized carbons (Fsp3) is 0.588. The van der Waals surface area contributed by atoms with E-state index in [9.17, 15) is 4.79 Å². The number of rotatable bonds is 2. The molecule has 2 aliphatic rings. The smallest absolute Gasteiger partial charge is 0.253 e. The van der Waals surface area contributed by atoms with Gasteiger partial charge < -0.3 is 20.1 Å². The monoisotopic (exact) mass is 304 g/mol. The molecule has 0 radical (unpaired) electrons. The number of hydrogen-bond donors (Lipinski definition) is 1. The van der Waals surface area contributed by atoms with Crippen LogP contribution in [-0.4, -0.2) is 49.8 Å². The Balaban J connectivity index is 1.83. The summed E-state index contributed by atoms with van der Waals surface area (Å²) in [6.45, 7) is 7.31. The number of amides is 1. The fourth-order valence-corrected chi connectivity index (χ4v) is 3.06. The summed E-state index contributed by atoms with van der Waals surface area (Å²) in [5.41, 5.74) is 7.48. The lowest BCUT2D eigenvalue weighted by Gasteiger charge is -2.24. The van der Waals surface area contributed by atoms with Crippen LogP contribution in [0.5, 0.6) is 5.75 Å². The average Bonchev–Trinajstić information content (AvgIpc) is 2.70. The van der Waals surface area contributed by atoms with Crippen molar-refractivity contribution in [1.82, 2.24) is 4.90 Å². The number of carbonyl (C=O) groups excluding carboxylic acids is 1. The summed E-state index contributed by atoms with van der Waals surface area (Å²) in [6, 6.07) is 5.74. The maximum absolute atomic E-state index is 12.8. The highest BCUT2D eigenvalue weighted by molar-refractivity contribution is 5.94. The first kappa shape index (κ1) is 15.3. The van der Waals surface area contributed by atoms with Gasteiger partial charge in [-0.05, 0) is 24.6 Å². The Morgan fingerprint density at radius 1 is 1.45 bits per heavy atom. The SMILES string of the molecule is CC1(C)COc2ccc(C(=O)N3CCCO[C@@H](CN)C3)cc21. The van der Waals surface area contributed by atoms with Gasteiger partial charge in [0.1, 0.15) is 5.75 Å². The van der Waals surface area contributed by atoms with Crippen LogP contribution >= 0.6 is 0 Å². The molecule has 1 atom stereocenters. The van der Waals surface area contributed by atoms with Gasteiger partial charge in [0.2, 0.25) is 0 Å². The molecule has 3 rings (SSSR count). The third-order valence-electron chi connectivity index (χ3n) is 4.44. The highest BCUT2D eigenvalue weighted by atomic mass is 16.5. The van der Waals surface area contributed by atoms with Crippen LogP contribution in [0.15, 0.2) is 18.2 Å². The first-order chi connectivity index (χ1) is 10.5. The van der Waals surface area contributed by atoms with Crippen LogP contribution < -0.4 is 10.5 Å². The summed E-state index contributed by atoms with van der Waals surface area (Å²) in [6.07, 6.45) is 0.780. The molecule has 1 amide bonds. The van der Waals surface area contributed by atoms with Gasteiger partial charge in [-0.15, -0.1) is 0 Å². The molecule has 5 nitrogen and oxygen atoms in total. The van der Waals surface area contributed by atoms with Crippen molar-refractivity contribution in [3.05, 3.63) is 29.3 Å². The minimum atomic E-state index is -0.0688. The average molecular weight is 304 g/mol. The fourth-order valence-electron chi connectivity index (χ4n) is 3.06. The molecule has 0 bridgehead atoms. The molecule has 5 heteroatoms. The van der Waals surface area contributed by atoms with Gasteiger partial charge in [0.05, 0.1) is 12.7 Å². The number of benzene rings is 1. The third-order valence-corrected chi connectivity index (χ3v) is 4.44. The van der Waals surface area contributed by atoms with Crippen LogP contribution in [-0.2, 0) is 10.2 Å². The predicted octanol–water partition coefficient (Wildman–Crippen LogP) is 1.55. The van der Waals surface area contributed by atoms with Gasteiger partial charge in [0, 0.05) is 42.8 Å². The van der Waals surface area contributed by atoms with Crippen LogP contribution in [0.1, 0.15) is 36.2 Å². The van der Waals surface area contributed by atoms with Crippen LogP contribution in [0, 0.1) is 0 Å². The van der Waals surface area contributed by atoms with E-state index in [1.165, 1.54) is 0 Å². The van der Waals surface area contributed by atoms with Crippen molar-refractivity contribution in [2.45, 2.75) is 31.8 Å². The summed E-state index contributed by atoms with van der Waals surface area (Å²) in [4.78, 5) is 14.7. The molecule has 0 unspecified atom stereocenters. The van der Waals surface area contributed by atoms with Crippen LogP contribution in [0.4, 0.5) is 0 Å². The summed E-state index contributed by atoms with van der Waals surface area (Å²) < 4.78 is 11.3. The molecule has 1 aromatic rings. The first-order valence-electron chi connectivity index (χ1n) is 7.89. The predicted molar refractivity (Wildman–Crippen MR) is 84.3 cm³/mol. The number of nitrogens with zero attached hydrogens (tertiary/aromatic N) is 1. The van der Waals surface area contributed by atoms with E-state index in [0.717, 1.165) is 23.3 Å². The Hall–Kier alpha value is -1.59. The van der Waals surface area contributed by atoms with Crippen molar-refractivity contribution in [2.75, 3.05) is 32.8 Å². The van der Waals surface area contributed by atoms with Gasteiger partial charge in [-0.25, -0.2) is 0 Å². The van der Waals surface area contributed by atoms with Crippen LogP contribution in [0.2, 0.25) is 0 Å². The third kappa shape index (κ3) is 2.83. The Bertz CT molecular complexity index is 571. The largest absolute Gasteiger partial charge is 0.492 e. The molecule has 2 aliphatic heterocycles. The molecule has 22 heavy (non-hydrogen) atoms. The zero-order chi connectivity index (χ0) is 15.7. The molecule has 0 aliphatic carbocycles. The molecule has 1 saturated heterocycles. The van der Waals surface area contributed by atoms with Gasteiger partial charge in [0.15, 0.2) is 0 Å². The summed E-state index contributed by atoms with van der Waals surface area (Å²) in [5.74, 6) is 0.940. The van der Waals surface area contributed by atoms with Crippen molar-refractivity contribution in [3.63, 3.8) is 0 Å². The lowest BCUT2D eigenvalue weighted by molar-refractivity contribution is 0.0520. The molecule has 0 aromatic heterocycles. The zero-order valence-electron chi connectivity index (χ0n) is 13.3. The van der Waals surface area contributed by atoms with Gasteiger partial charge in [-0.2, -0.15) is 0 Å². The quantitative estimate of drug-likeness (QED) is 0.900. The normalized spacial score (nSPS) is 23.6. The summed E-state index contributed by atoms with van der Waals surface area (Å²) in [7, 11) is 0. The number of carbonyl (C=O) groups is 1. The van der Waals surface area contributed by atoms with Crippen molar-refractivity contribution in [2.24, 2.45) is 5.73 Å². The summed E-state index contributed by atoms with van der Waals surface area (Å²) in [5, 5.41) is 0. The van der Waals surface area contributed by atoms with Gasteiger partial charge in [0.25, 0.3) is 5.91 Å². The van der Waals surface area contributed by atoms with Crippen LogP contribution in [0.25, 0.3) is 0 Å². The number of ether oxygens (including phenoxy) is 2. The Morgan fingerprint density at radius 2 is 2.27 bits per heavy atom. The standard InChI is InChI=1S/C17H24N2O3/c1-17(2)11-22-15-5-4-12(8-14(15)17)16(20)19-6-3-7-21-13(9-18)10-19/h4-5,8,13H,3,6-7,9-11,18H2,1-2H3/t13-/m0/s1. The lowest BCUT2D eigenvalue weighted by Crippen LogP contribution is -2.39. The second kappa shape index (κ2) is 5.89. The number of nitrogens with two attached hydrogens (primary N) is 1. The molecular formula is C17H24N2O3. The molecule has 1 aromatic carbocycles. The molecule has 120 valence electrons. The molecule has 2 heterocycles. The topological polar surface area (TPSA) is 64.8 Å². The lowest BCUT2D eigenvalue weighted by atomic mass is 9.86. The second-order valence-corrected chi connectivity index (χ2v) is 6.72. The highest BCUT2D eigenvalue weighted by Gasteiger charge is 2.33. The van der Waals surface area contributed by atoms with E-state index in [2.05, 4.69) is 13.8 Å². The van der Waals surface area contributed by atoms with Crippen molar-refractivity contribution in [3.8, 4) is 5.75 Å². The van der Waals surface area contributed by atoms with Crippen molar-refractivity contribution in [1.29, 1.82) is 0 Å². The molecule has 1 fully saturated rings.